The van der Waals surface area contributed by atoms with Crippen LogP contribution in [0.25, 0.3) is 11.0 Å². The molecule has 2 fully saturated rings. The monoisotopic (exact) mass is 1220 g/mol. The maximum absolute atomic E-state index is 14.3. The SMILES string of the molecule is C.C.C.CC1CC(C)CN(CC(=O)Nc2cc(Oc3ccc4c(c3)nc(Nc3cc(C(F)(F)F)ccc3F)n4C)ccn2)C1.CNc1ccc(Oc2ccnc(NC(=O)CN3CC(C)CC(C)C3)c2)cc1N.Fc1ccc(C(F)(F)F)cc1N=C=S. The van der Waals surface area contributed by atoms with Gasteiger partial charge >= 0.3 is 12.4 Å². The number of amides is 2. The minimum atomic E-state index is -4.61. The Labute approximate surface area is 501 Å². The molecule has 9 rings (SSSR count). The number of imidazole rings is 1. The Balaban J connectivity index is 0.000000305. The summed E-state index contributed by atoms with van der Waals surface area (Å²) in [6.45, 7) is 13.2. The van der Waals surface area contributed by atoms with Crippen LogP contribution in [0.1, 0.15) is 73.9 Å². The molecule has 0 radical (unpaired) electrons. The van der Waals surface area contributed by atoms with E-state index in [-0.39, 0.29) is 45.7 Å². The van der Waals surface area contributed by atoms with Crippen molar-refractivity contribution in [2.75, 3.05) is 73.3 Å². The number of halogens is 8. The van der Waals surface area contributed by atoms with E-state index in [4.69, 9.17) is 15.2 Å². The van der Waals surface area contributed by atoms with Crippen LogP contribution < -0.4 is 36.5 Å². The summed E-state index contributed by atoms with van der Waals surface area (Å²) in [5, 5.41) is 13.2. The molecule has 86 heavy (non-hydrogen) atoms. The van der Waals surface area contributed by atoms with E-state index in [1.54, 1.807) is 71.5 Å². The smallest absolute Gasteiger partial charge is 0.416 e. The number of nitrogens with two attached hydrogens (primary N) is 1. The predicted molar refractivity (Wildman–Crippen MR) is 327 cm³/mol. The van der Waals surface area contributed by atoms with Gasteiger partial charge in [0, 0.05) is 76.9 Å². The highest BCUT2D eigenvalue weighted by molar-refractivity contribution is 7.78. The number of piperidine rings is 2. The number of thiocarbonyl (C=S) groups is 1. The maximum Gasteiger partial charge on any atom is 0.416 e. The summed E-state index contributed by atoms with van der Waals surface area (Å²) < 4.78 is 116. The van der Waals surface area contributed by atoms with Gasteiger partial charge in [0.05, 0.1) is 57.5 Å². The number of nitrogens with one attached hydrogen (secondary N) is 4. The second-order valence-corrected chi connectivity index (χ2v) is 20.8. The molecule has 0 spiro atoms. The molecule has 6 N–H and O–H groups in total. The topological polar surface area (TPSA) is 189 Å². The fourth-order valence-corrected chi connectivity index (χ4v) is 10.00. The van der Waals surface area contributed by atoms with Crippen molar-refractivity contribution in [3.8, 4) is 23.0 Å². The summed E-state index contributed by atoms with van der Waals surface area (Å²) in [5.74, 6) is 3.49. The van der Waals surface area contributed by atoms with Crippen LogP contribution in [0.5, 0.6) is 23.0 Å². The molecule has 7 aromatic rings. The van der Waals surface area contributed by atoms with Gasteiger partial charge in [-0.05, 0) is 122 Å². The van der Waals surface area contributed by atoms with Gasteiger partial charge in [0.15, 0.2) is 0 Å². The van der Waals surface area contributed by atoms with Gasteiger partial charge in [0.25, 0.3) is 0 Å². The number of benzene rings is 4. The van der Waals surface area contributed by atoms with E-state index in [9.17, 15) is 44.7 Å². The number of alkyl halides is 6. The van der Waals surface area contributed by atoms with Crippen molar-refractivity contribution in [1.29, 1.82) is 0 Å². The summed E-state index contributed by atoms with van der Waals surface area (Å²) in [5.41, 5.74) is 5.80. The number of aliphatic imine (C=N–C) groups is 1. The van der Waals surface area contributed by atoms with Gasteiger partial charge in [-0.1, -0.05) is 50.0 Å². The lowest BCUT2D eigenvalue weighted by Gasteiger charge is -2.34. The van der Waals surface area contributed by atoms with Crippen molar-refractivity contribution in [2.24, 2.45) is 35.7 Å². The van der Waals surface area contributed by atoms with E-state index in [1.165, 1.54) is 12.6 Å². The number of isothiocyanates is 1. The second-order valence-electron chi connectivity index (χ2n) is 20.7. The van der Waals surface area contributed by atoms with Gasteiger partial charge in [-0.25, -0.2) is 23.7 Å². The Morgan fingerprint density at radius 1 is 0.651 bits per heavy atom. The average molecular weight is 1220 g/mol. The summed E-state index contributed by atoms with van der Waals surface area (Å²) in [4.78, 5) is 45.5. The number of likely N-dealkylation sites (tertiary alicyclic amines) is 2. The first-order valence-corrected chi connectivity index (χ1v) is 26.7. The van der Waals surface area contributed by atoms with Gasteiger partial charge in [0.2, 0.25) is 17.8 Å². The van der Waals surface area contributed by atoms with Crippen LogP contribution >= 0.6 is 12.2 Å². The largest absolute Gasteiger partial charge is 0.457 e. The van der Waals surface area contributed by atoms with Crippen molar-refractivity contribution in [3.63, 3.8) is 0 Å². The quantitative estimate of drug-likeness (QED) is 0.0300. The Kier molecular flexibility index (Phi) is 25.5. The zero-order valence-corrected chi connectivity index (χ0v) is 46.9. The molecule has 2 aliphatic heterocycles. The first-order chi connectivity index (χ1) is 39.3. The molecule has 3 aromatic heterocycles. The van der Waals surface area contributed by atoms with Crippen LogP contribution in [0.3, 0.4) is 0 Å². The van der Waals surface area contributed by atoms with Crippen LogP contribution in [0.2, 0.25) is 0 Å². The number of carbonyl (C=O) groups excluding carboxylic acids is 2. The zero-order chi connectivity index (χ0) is 60.2. The summed E-state index contributed by atoms with van der Waals surface area (Å²) in [6, 6.07) is 21.3. The van der Waals surface area contributed by atoms with E-state index in [0.717, 1.165) is 44.4 Å². The van der Waals surface area contributed by atoms with Crippen molar-refractivity contribution >= 4 is 80.6 Å². The molecular weight excluding hydrogens is 1150 g/mol. The Hall–Kier alpha value is -8.25. The molecule has 0 saturated carbocycles. The number of anilines is 6. The highest BCUT2D eigenvalue weighted by Crippen LogP contribution is 2.36. The van der Waals surface area contributed by atoms with Crippen molar-refractivity contribution < 1.29 is 54.2 Å². The Morgan fingerprint density at radius 3 is 1.59 bits per heavy atom. The lowest BCUT2D eigenvalue weighted by Crippen LogP contribution is -2.42. The summed E-state index contributed by atoms with van der Waals surface area (Å²) in [6.07, 6.45) is -3.60. The van der Waals surface area contributed by atoms with E-state index in [1.807, 2.05) is 19.2 Å². The zero-order valence-electron chi connectivity index (χ0n) is 46.1. The van der Waals surface area contributed by atoms with E-state index in [2.05, 4.69) is 90.9 Å². The van der Waals surface area contributed by atoms with E-state index in [0.29, 0.717) is 118 Å². The van der Waals surface area contributed by atoms with Crippen LogP contribution in [0.4, 0.5) is 75.5 Å². The number of pyridine rings is 2. The fraction of sp³-hybridized carbons (Fsp3) is 0.377. The van der Waals surface area contributed by atoms with Gasteiger partial charge in [-0.3, -0.25) is 19.4 Å². The van der Waals surface area contributed by atoms with Crippen LogP contribution in [0, 0.1) is 35.3 Å². The minimum Gasteiger partial charge on any atom is -0.457 e. The minimum absolute atomic E-state index is 0. The van der Waals surface area contributed by atoms with Crippen LogP contribution in [-0.4, -0.2) is 92.6 Å². The van der Waals surface area contributed by atoms with Gasteiger partial charge in [-0.15, -0.1) is 0 Å². The fourth-order valence-electron chi connectivity index (χ4n) is 9.90. The number of rotatable bonds is 14. The van der Waals surface area contributed by atoms with Gasteiger partial charge in [0.1, 0.15) is 52.0 Å². The van der Waals surface area contributed by atoms with Gasteiger partial charge < -0.3 is 41.0 Å². The lowest BCUT2D eigenvalue weighted by molar-refractivity contribution is -0.138. The number of aromatic nitrogens is 4. The van der Waals surface area contributed by atoms with Crippen molar-refractivity contribution in [1.82, 2.24) is 29.3 Å². The molecule has 2 amide bonds. The third-order valence-electron chi connectivity index (χ3n) is 13.2. The highest BCUT2D eigenvalue weighted by atomic mass is 32.1. The second kappa shape index (κ2) is 31.2. The number of fused-ring (bicyclic) bond motifs is 1. The Bertz CT molecular complexity index is 3430. The average Bonchev–Trinajstić information content (AvgIpc) is 2.10. The molecule has 464 valence electrons. The molecule has 25 heteroatoms. The number of hydrogen-bond donors (Lipinski definition) is 5. The molecule has 2 aliphatic rings. The molecule has 16 nitrogen and oxygen atoms in total. The number of nitrogens with zero attached hydrogens (tertiary/aromatic N) is 7. The third-order valence-corrected chi connectivity index (χ3v) is 13.3. The molecular formula is C61H74F8N12O4S. The number of carbonyl (C=O) groups is 2. The van der Waals surface area contributed by atoms with Crippen LogP contribution in [0.15, 0.2) is 114 Å². The van der Waals surface area contributed by atoms with Gasteiger partial charge in [-0.2, -0.15) is 31.3 Å². The normalized spacial score (nSPS) is 16.8. The number of hydrogen-bond acceptors (Lipinski definition) is 14. The maximum atomic E-state index is 14.3. The summed E-state index contributed by atoms with van der Waals surface area (Å²) >= 11 is 4.17. The number of nitrogen functional groups attached to an aromatic ring is 1. The number of ether oxygens (including phenoxy) is 2. The van der Waals surface area contributed by atoms with Crippen LogP contribution in [-0.2, 0) is 29.0 Å². The number of aryl methyl sites for hydroxylation is 1. The summed E-state index contributed by atoms with van der Waals surface area (Å²) in [7, 11) is 3.47. The molecule has 0 bridgehead atoms. The Morgan fingerprint density at radius 2 is 1.12 bits per heavy atom. The lowest BCUT2D eigenvalue weighted by atomic mass is 9.92. The highest BCUT2D eigenvalue weighted by Gasteiger charge is 2.33. The molecule has 4 atom stereocenters. The van der Waals surface area contributed by atoms with E-state index < -0.39 is 40.8 Å². The third kappa shape index (κ3) is 20.2. The first kappa shape index (κ1) is 70.2. The predicted octanol–water partition coefficient (Wildman–Crippen LogP) is 15.5. The van der Waals surface area contributed by atoms with Crippen molar-refractivity contribution in [2.45, 2.75) is 75.2 Å². The molecule has 4 unspecified atom stereocenters. The first-order valence-electron chi connectivity index (χ1n) is 26.3. The van der Waals surface area contributed by atoms with Crippen molar-refractivity contribution in [3.05, 3.63) is 132 Å². The van der Waals surface area contributed by atoms with E-state index >= 15 is 0 Å². The molecule has 2 saturated heterocycles. The molecule has 0 aliphatic carbocycles. The molecule has 5 heterocycles. The molecule has 4 aromatic carbocycles. The standard InChI is InChI=1S/C29H30F4N6O2.C21H29N5O2.C8H3F4NS.3CH4/c1-17-10-18(2)15-39(14-17)16-27(40)37-26-13-21(8-9-34-26)41-20-5-7-25-24(12-20)36-28(38(25)3)35-23-11-19(29(31,32)33)4-6-22(23)30;1-14-8-15(2)12-26(11-14)13-21(27)25-20-10-17(6-7-24-20)28-16-4-5-19(23-3)18(22)9-16;9-6-2-1-5(8(10,11)12)3-7(6)13-4-14;;;/h4-9,11-13,17-18H,10,14-16H2,1-3H3,(H,35,36)(H,34,37,40);4-7,9-10,14-15,23H,8,11-13,22H2,1-3H3,(H,24,25,27);1-3H;3*1H4.